The minimum absolute atomic E-state index is 0.190. The lowest BCUT2D eigenvalue weighted by Crippen LogP contribution is -2.47. The summed E-state index contributed by atoms with van der Waals surface area (Å²) in [5.41, 5.74) is 0.914. The molecule has 1 aliphatic rings. The monoisotopic (exact) mass is 209 g/mol. The summed E-state index contributed by atoms with van der Waals surface area (Å²) in [7, 11) is 0. The fourth-order valence-electron chi connectivity index (χ4n) is 2.39. The van der Waals surface area contributed by atoms with Crippen LogP contribution in [0.15, 0.2) is 12.2 Å². The molecule has 0 radical (unpaired) electrons. The molecule has 0 saturated carbocycles. The van der Waals surface area contributed by atoms with E-state index in [2.05, 4.69) is 18.8 Å². The molecule has 0 amide bonds. The molecule has 1 rings (SSSR count). The van der Waals surface area contributed by atoms with Crippen molar-refractivity contribution >= 4 is 5.78 Å². The molecule has 1 saturated heterocycles. The zero-order valence-electron chi connectivity index (χ0n) is 10.1. The van der Waals surface area contributed by atoms with Crippen LogP contribution in [0.2, 0.25) is 0 Å². The number of ketones is 1. The molecule has 2 heteroatoms. The van der Waals surface area contributed by atoms with E-state index in [1.165, 1.54) is 0 Å². The Hall–Kier alpha value is -0.630. The van der Waals surface area contributed by atoms with Gasteiger partial charge in [-0.3, -0.25) is 4.79 Å². The molecular weight excluding hydrogens is 186 g/mol. The molecule has 0 aromatic carbocycles. The van der Waals surface area contributed by atoms with Gasteiger partial charge in [0, 0.05) is 6.42 Å². The average Bonchev–Trinajstić information content (AvgIpc) is 2.64. The zero-order chi connectivity index (χ0) is 11.3. The summed E-state index contributed by atoms with van der Waals surface area (Å²) in [5, 5.41) is 3.42. The number of carbonyl (C=O) groups excluding carboxylic acids is 1. The summed E-state index contributed by atoms with van der Waals surface area (Å²) in [4.78, 5) is 12.2. The molecule has 0 aromatic rings. The second-order valence-electron chi connectivity index (χ2n) is 4.74. The van der Waals surface area contributed by atoms with E-state index in [4.69, 9.17) is 0 Å². The first kappa shape index (κ1) is 12.4. The van der Waals surface area contributed by atoms with Gasteiger partial charge in [0.1, 0.15) is 0 Å². The quantitative estimate of drug-likeness (QED) is 0.682. The molecule has 1 aliphatic heterocycles. The van der Waals surface area contributed by atoms with Gasteiger partial charge in [0.05, 0.1) is 5.54 Å². The lowest BCUT2D eigenvalue weighted by Gasteiger charge is -2.27. The van der Waals surface area contributed by atoms with Crippen molar-refractivity contribution in [2.75, 3.05) is 6.54 Å². The number of rotatable bonds is 6. The molecule has 15 heavy (non-hydrogen) atoms. The molecule has 86 valence electrons. The third-order valence-corrected chi connectivity index (χ3v) is 3.23. The van der Waals surface area contributed by atoms with Gasteiger partial charge in [-0.25, -0.2) is 0 Å². The smallest absolute Gasteiger partial charge is 0.153 e. The predicted molar refractivity (Wildman–Crippen MR) is 63.9 cm³/mol. The molecule has 1 heterocycles. The van der Waals surface area contributed by atoms with Crippen LogP contribution in [0, 0.1) is 0 Å². The van der Waals surface area contributed by atoms with Gasteiger partial charge < -0.3 is 5.32 Å². The maximum absolute atomic E-state index is 12.2. The van der Waals surface area contributed by atoms with Crippen molar-refractivity contribution in [3.05, 3.63) is 12.2 Å². The summed E-state index contributed by atoms with van der Waals surface area (Å²) in [6, 6.07) is 0. The first-order chi connectivity index (χ1) is 7.10. The number of nitrogens with one attached hydrogen (secondary N) is 1. The van der Waals surface area contributed by atoms with Gasteiger partial charge in [-0.1, -0.05) is 18.9 Å². The SMILES string of the molecule is C=C(C)CCC(=O)C1(CCC)CCCN1. The van der Waals surface area contributed by atoms with Crippen LogP contribution in [-0.2, 0) is 4.79 Å². The lowest BCUT2D eigenvalue weighted by atomic mass is 9.85. The van der Waals surface area contributed by atoms with E-state index in [0.717, 1.165) is 44.2 Å². The van der Waals surface area contributed by atoms with Gasteiger partial charge in [0.2, 0.25) is 0 Å². The third kappa shape index (κ3) is 3.16. The zero-order valence-corrected chi connectivity index (χ0v) is 10.1. The summed E-state index contributed by atoms with van der Waals surface area (Å²) in [5.74, 6) is 0.393. The van der Waals surface area contributed by atoms with Crippen molar-refractivity contribution in [2.45, 2.75) is 57.9 Å². The summed E-state index contributed by atoms with van der Waals surface area (Å²) < 4.78 is 0. The topological polar surface area (TPSA) is 29.1 Å². The van der Waals surface area contributed by atoms with Crippen LogP contribution in [-0.4, -0.2) is 17.9 Å². The Labute approximate surface area is 93.1 Å². The van der Waals surface area contributed by atoms with Crippen LogP contribution in [0.3, 0.4) is 0 Å². The van der Waals surface area contributed by atoms with Crippen LogP contribution in [0.4, 0.5) is 0 Å². The minimum atomic E-state index is -0.190. The number of hydrogen-bond acceptors (Lipinski definition) is 2. The minimum Gasteiger partial charge on any atom is -0.305 e. The summed E-state index contributed by atoms with van der Waals surface area (Å²) in [6.45, 7) is 8.98. The lowest BCUT2D eigenvalue weighted by molar-refractivity contribution is -0.125. The standard InChI is InChI=1S/C13H23NO/c1-4-8-13(9-5-10-14-13)12(15)7-6-11(2)3/h14H,2,4-10H2,1,3H3. The van der Waals surface area contributed by atoms with Crippen molar-refractivity contribution in [3.63, 3.8) is 0 Å². The van der Waals surface area contributed by atoms with E-state index in [1.807, 2.05) is 6.92 Å². The van der Waals surface area contributed by atoms with E-state index in [1.54, 1.807) is 0 Å². The number of Topliss-reactive ketones (excluding diaryl/α,β-unsaturated/α-hetero) is 1. The molecule has 1 N–H and O–H groups in total. The van der Waals surface area contributed by atoms with E-state index in [-0.39, 0.29) is 5.54 Å². The van der Waals surface area contributed by atoms with Crippen LogP contribution < -0.4 is 5.32 Å². The Kier molecular flexibility index (Phi) is 4.52. The highest BCUT2D eigenvalue weighted by molar-refractivity contribution is 5.88. The van der Waals surface area contributed by atoms with Gasteiger partial charge in [-0.05, 0) is 39.2 Å². The fourth-order valence-corrected chi connectivity index (χ4v) is 2.39. The van der Waals surface area contributed by atoms with Crippen LogP contribution in [0.5, 0.6) is 0 Å². The number of allylic oxidation sites excluding steroid dienone is 1. The van der Waals surface area contributed by atoms with Crippen LogP contribution in [0.1, 0.15) is 52.4 Å². The van der Waals surface area contributed by atoms with Crippen molar-refractivity contribution in [3.8, 4) is 0 Å². The summed E-state index contributed by atoms with van der Waals surface area (Å²) >= 11 is 0. The normalized spacial score (nSPS) is 25.5. The Balaban J connectivity index is 2.55. The Morgan fingerprint density at radius 1 is 1.47 bits per heavy atom. The Bertz CT molecular complexity index is 239. The summed E-state index contributed by atoms with van der Waals surface area (Å²) in [6.07, 6.45) is 5.72. The molecule has 2 nitrogen and oxygen atoms in total. The highest BCUT2D eigenvalue weighted by Gasteiger charge is 2.38. The van der Waals surface area contributed by atoms with E-state index in [0.29, 0.717) is 12.2 Å². The van der Waals surface area contributed by atoms with E-state index < -0.39 is 0 Å². The Morgan fingerprint density at radius 3 is 2.67 bits per heavy atom. The van der Waals surface area contributed by atoms with Gasteiger partial charge >= 0.3 is 0 Å². The van der Waals surface area contributed by atoms with E-state index in [9.17, 15) is 4.79 Å². The molecular formula is C13H23NO. The van der Waals surface area contributed by atoms with Crippen LogP contribution >= 0.6 is 0 Å². The average molecular weight is 209 g/mol. The first-order valence-corrected chi connectivity index (χ1v) is 6.03. The number of hydrogen-bond donors (Lipinski definition) is 1. The van der Waals surface area contributed by atoms with E-state index >= 15 is 0 Å². The van der Waals surface area contributed by atoms with Gasteiger partial charge in [-0.2, -0.15) is 0 Å². The Morgan fingerprint density at radius 2 is 2.20 bits per heavy atom. The molecule has 1 fully saturated rings. The number of carbonyl (C=O) groups is 1. The second-order valence-corrected chi connectivity index (χ2v) is 4.74. The maximum atomic E-state index is 12.2. The molecule has 0 spiro atoms. The third-order valence-electron chi connectivity index (χ3n) is 3.23. The van der Waals surface area contributed by atoms with Gasteiger partial charge in [0.15, 0.2) is 5.78 Å². The maximum Gasteiger partial charge on any atom is 0.153 e. The van der Waals surface area contributed by atoms with Crippen LogP contribution in [0.25, 0.3) is 0 Å². The second kappa shape index (κ2) is 5.45. The molecule has 1 atom stereocenters. The molecule has 0 aromatic heterocycles. The van der Waals surface area contributed by atoms with Gasteiger partial charge in [-0.15, -0.1) is 6.58 Å². The van der Waals surface area contributed by atoms with Crippen molar-refractivity contribution in [1.29, 1.82) is 0 Å². The molecule has 1 unspecified atom stereocenters. The van der Waals surface area contributed by atoms with Crippen molar-refractivity contribution in [1.82, 2.24) is 5.32 Å². The van der Waals surface area contributed by atoms with Gasteiger partial charge in [0.25, 0.3) is 0 Å². The highest BCUT2D eigenvalue weighted by atomic mass is 16.1. The largest absolute Gasteiger partial charge is 0.305 e. The predicted octanol–water partition coefficient (Wildman–Crippen LogP) is 2.83. The van der Waals surface area contributed by atoms with Crippen molar-refractivity contribution < 1.29 is 4.79 Å². The van der Waals surface area contributed by atoms with Crippen molar-refractivity contribution in [2.24, 2.45) is 0 Å². The first-order valence-electron chi connectivity index (χ1n) is 6.03. The highest BCUT2D eigenvalue weighted by Crippen LogP contribution is 2.27. The molecule has 0 bridgehead atoms. The fraction of sp³-hybridized carbons (Fsp3) is 0.769. The molecule has 0 aliphatic carbocycles.